The lowest BCUT2D eigenvalue weighted by atomic mass is 9.95. The second-order valence-electron chi connectivity index (χ2n) is 7.43. The number of halogens is 1. The highest BCUT2D eigenvalue weighted by molar-refractivity contribution is 6.31. The van der Waals surface area contributed by atoms with Crippen molar-refractivity contribution in [2.24, 2.45) is 0 Å². The monoisotopic (exact) mass is 397 g/mol. The molecule has 4 rings (SSSR count). The topological polar surface area (TPSA) is 30.3 Å². The molecular weight excluding hydrogens is 370 g/mol. The number of benzene rings is 2. The number of fused-ring (bicyclic) bond motifs is 1. The summed E-state index contributed by atoms with van der Waals surface area (Å²) in [7, 11) is 0. The fourth-order valence-corrected chi connectivity index (χ4v) is 4.31. The summed E-state index contributed by atoms with van der Waals surface area (Å²) in [5.41, 5.74) is 3.49. The third-order valence-corrected chi connectivity index (χ3v) is 5.86. The Hall–Kier alpha value is -1.88. The molecule has 1 fully saturated rings. The van der Waals surface area contributed by atoms with E-state index in [-0.39, 0.29) is 5.92 Å². The second kappa shape index (κ2) is 9.08. The quantitative estimate of drug-likeness (QED) is 0.564. The molecule has 2 heterocycles. The molecule has 0 aliphatic carbocycles. The van der Waals surface area contributed by atoms with Gasteiger partial charge in [-0.25, -0.2) is 4.98 Å². The minimum atomic E-state index is 0.288. The van der Waals surface area contributed by atoms with Crippen LogP contribution in [0.25, 0.3) is 11.0 Å². The van der Waals surface area contributed by atoms with Crippen LogP contribution in [0, 0.1) is 0 Å². The molecule has 28 heavy (non-hydrogen) atoms. The van der Waals surface area contributed by atoms with Gasteiger partial charge in [0.05, 0.1) is 24.2 Å². The average Bonchev–Trinajstić information content (AvgIpc) is 3.08. The highest BCUT2D eigenvalue weighted by Crippen LogP contribution is 2.31. The number of hydrogen-bond acceptors (Lipinski definition) is 3. The fraction of sp³-hybridized carbons (Fsp3) is 0.435. The predicted molar refractivity (Wildman–Crippen MR) is 115 cm³/mol. The maximum atomic E-state index is 6.32. The zero-order valence-corrected chi connectivity index (χ0v) is 17.2. The summed E-state index contributed by atoms with van der Waals surface area (Å²) in [4.78, 5) is 7.53. The van der Waals surface area contributed by atoms with Crippen molar-refractivity contribution in [1.29, 1.82) is 0 Å². The van der Waals surface area contributed by atoms with Crippen LogP contribution in [0.4, 0.5) is 0 Å². The van der Waals surface area contributed by atoms with Gasteiger partial charge < -0.3 is 9.30 Å². The Morgan fingerprint density at radius 2 is 1.86 bits per heavy atom. The van der Waals surface area contributed by atoms with E-state index >= 15 is 0 Å². The van der Waals surface area contributed by atoms with E-state index in [4.69, 9.17) is 21.3 Å². The number of hydrogen-bond donors (Lipinski definition) is 0. The average molecular weight is 398 g/mol. The van der Waals surface area contributed by atoms with Gasteiger partial charge in [-0.3, -0.25) is 4.90 Å². The van der Waals surface area contributed by atoms with E-state index in [0.29, 0.717) is 0 Å². The van der Waals surface area contributed by atoms with Crippen LogP contribution in [0.15, 0.2) is 48.5 Å². The van der Waals surface area contributed by atoms with E-state index < -0.39 is 0 Å². The Morgan fingerprint density at radius 1 is 1.07 bits per heavy atom. The van der Waals surface area contributed by atoms with Crippen molar-refractivity contribution < 1.29 is 4.74 Å². The first-order chi connectivity index (χ1) is 13.8. The highest BCUT2D eigenvalue weighted by Gasteiger charge is 2.21. The van der Waals surface area contributed by atoms with E-state index in [1.165, 1.54) is 5.56 Å². The van der Waals surface area contributed by atoms with Gasteiger partial charge in [-0.2, -0.15) is 0 Å². The van der Waals surface area contributed by atoms with Crippen LogP contribution in [-0.4, -0.2) is 47.3 Å². The van der Waals surface area contributed by atoms with Crippen molar-refractivity contribution in [3.8, 4) is 0 Å². The fourth-order valence-electron chi connectivity index (χ4n) is 4.15. The number of morpholine rings is 1. The smallest absolute Gasteiger partial charge is 0.117 e. The van der Waals surface area contributed by atoms with Gasteiger partial charge in [0.25, 0.3) is 0 Å². The Morgan fingerprint density at radius 3 is 2.61 bits per heavy atom. The first-order valence-electron chi connectivity index (χ1n) is 10.3. The molecule has 0 bridgehead atoms. The standard InChI is InChI=1S/C23H28ClN3O/c1-2-20(18-7-4-3-5-8-18)23-25-21-10-9-19(24)17-22(21)27(23)12-6-11-26-13-15-28-16-14-26/h3-5,7-10,17,20H,2,6,11-16H2,1H3. The summed E-state index contributed by atoms with van der Waals surface area (Å²) in [6.45, 7) is 8.04. The summed E-state index contributed by atoms with van der Waals surface area (Å²) in [6.07, 6.45) is 2.11. The molecule has 0 saturated carbocycles. The van der Waals surface area contributed by atoms with E-state index in [2.05, 4.69) is 52.8 Å². The SMILES string of the molecule is CCC(c1ccccc1)c1nc2ccc(Cl)cc2n1CCCN1CCOCC1. The van der Waals surface area contributed by atoms with Crippen LogP contribution in [0.5, 0.6) is 0 Å². The van der Waals surface area contributed by atoms with Crippen LogP contribution < -0.4 is 0 Å². The number of rotatable bonds is 7. The summed E-state index contributed by atoms with van der Waals surface area (Å²) >= 11 is 6.32. The van der Waals surface area contributed by atoms with Crippen LogP contribution in [0.2, 0.25) is 5.02 Å². The molecule has 1 aliphatic rings. The lowest BCUT2D eigenvalue weighted by Crippen LogP contribution is -2.37. The molecule has 148 valence electrons. The molecule has 1 atom stereocenters. The number of aromatic nitrogens is 2. The van der Waals surface area contributed by atoms with Crippen molar-refractivity contribution in [2.75, 3.05) is 32.8 Å². The first-order valence-corrected chi connectivity index (χ1v) is 10.6. The zero-order valence-electron chi connectivity index (χ0n) is 16.5. The minimum absolute atomic E-state index is 0.288. The van der Waals surface area contributed by atoms with Gasteiger partial charge in [0, 0.05) is 37.1 Å². The predicted octanol–water partition coefficient (Wildman–Crippen LogP) is 4.95. The van der Waals surface area contributed by atoms with E-state index in [9.17, 15) is 0 Å². The van der Waals surface area contributed by atoms with E-state index in [0.717, 1.165) is 74.1 Å². The lowest BCUT2D eigenvalue weighted by Gasteiger charge is -2.26. The van der Waals surface area contributed by atoms with Gasteiger partial charge in [0.1, 0.15) is 5.82 Å². The third kappa shape index (κ3) is 4.24. The van der Waals surface area contributed by atoms with Crippen molar-refractivity contribution in [3.05, 3.63) is 64.9 Å². The van der Waals surface area contributed by atoms with Crippen LogP contribution in [-0.2, 0) is 11.3 Å². The van der Waals surface area contributed by atoms with Gasteiger partial charge >= 0.3 is 0 Å². The van der Waals surface area contributed by atoms with Crippen molar-refractivity contribution in [1.82, 2.24) is 14.5 Å². The summed E-state index contributed by atoms with van der Waals surface area (Å²) in [5.74, 6) is 1.43. The van der Waals surface area contributed by atoms with Crippen LogP contribution in [0.1, 0.15) is 37.1 Å². The highest BCUT2D eigenvalue weighted by atomic mass is 35.5. The molecule has 0 N–H and O–H groups in total. The molecule has 0 amide bonds. The number of imidazole rings is 1. The largest absolute Gasteiger partial charge is 0.379 e. The maximum Gasteiger partial charge on any atom is 0.117 e. The van der Waals surface area contributed by atoms with Crippen molar-refractivity contribution in [3.63, 3.8) is 0 Å². The van der Waals surface area contributed by atoms with Crippen molar-refractivity contribution in [2.45, 2.75) is 32.2 Å². The summed E-state index contributed by atoms with van der Waals surface area (Å²) in [6, 6.07) is 16.7. The molecule has 4 nitrogen and oxygen atoms in total. The Kier molecular flexibility index (Phi) is 6.30. The number of nitrogens with zero attached hydrogens (tertiary/aromatic N) is 3. The van der Waals surface area contributed by atoms with Gasteiger partial charge in [-0.05, 0) is 36.6 Å². The molecule has 1 saturated heterocycles. The normalized spacial score (nSPS) is 16.5. The molecule has 3 aromatic rings. The van der Waals surface area contributed by atoms with Crippen LogP contribution >= 0.6 is 11.6 Å². The van der Waals surface area contributed by atoms with E-state index in [1.807, 2.05) is 12.1 Å². The van der Waals surface area contributed by atoms with Crippen molar-refractivity contribution >= 4 is 22.6 Å². The Bertz CT molecular complexity index is 903. The van der Waals surface area contributed by atoms with E-state index in [1.54, 1.807) is 0 Å². The molecule has 2 aromatic carbocycles. The van der Waals surface area contributed by atoms with Gasteiger partial charge in [-0.15, -0.1) is 0 Å². The third-order valence-electron chi connectivity index (χ3n) is 5.62. The second-order valence-corrected chi connectivity index (χ2v) is 7.87. The molecule has 1 unspecified atom stereocenters. The molecule has 0 radical (unpaired) electrons. The lowest BCUT2D eigenvalue weighted by molar-refractivity contribution is 0.0369. The molecule has 1 aromatic heterocycles. The number of ether oxygens (including phenoxy) is 1. The molecular formula is C23H28ClN3O. The Labute approximate surface area is 172 Å². The van der Waals surface area contributed by atoms with Gasteiger partial charge in [-0.1, -0.05) is 48.9 Å². The number of aryl methyl sites for hydroxylation is 1. The van der Waals surface area contributed by atoms with Gasteiger partial charge in [0.15, 0.2) is 0 Å². The van der Waals surface area contributed by atoms with Gasteiger partial charge in [0.2, 0.25) is 0 Å². The maximum absolute atomic E-state index is 6.32. The molecule has 1 aliphatic heterocycles. The molecule has 5 heteroatoms. The summed E-state index contributed by atoms with van der Waals surface area (Å²) in [5, 5.41) is 0.765. The molecule has 0 spiro atoms. The Balaban J connectivity index is 1.64. The minimum Gasteiger partial charge on any atom is -0.379 e. The zero-order chi connectivity index (χ0) is 19.3. The summed E-state index contributed by atoms with van der Waals surface area (Å²) < 4.78 is 7.86. The first kappa shape index (κ1) is 19.4. The van der Waals surface area contributed by atoms with Crippen LogP contribution in [0.3, 0.4) is 0 Å².